The van der Waals surface area contributed by atoms with Crippen LogP contribution in [0.25, 0.3) is 0 Å². The predicted octanol–water partition coefficient (Wildman–Crippen LogP) is 4.68. The molecule has 0 radical (unpaired) electrons. The number of amides is 1. The summed E-state index contributed by atoms with van der Waals surface area (Å²) in [5.74, 6) is -0.704. The number of carboxylic acids is 1. The Labute approximate surface area is 163 Å². The summed E-state index contributed by atoms with van der Waals surface area (Å²) in [5.41, 5.74) is 1.43. The molecule has 6 heteroatoms. The minimum Gasteiger partial charge on any atom is -0.490 e. The van der Waals surface area contributed by atoms with Gasteiger partial charge in [0.1, 0.15) is 5.75 Å². The van der Waals surface area contributed by atoms with Gasteiger partial charge >= 0.3 is 5.97 Å². The minimum absolute atomic E-state index is 0.134. The summed E-state index contributed by atoms with van der Waals surface area (Å²) in [4.78, 5) is 23.6. The Balaban J connectivity index is 1.67. The van der Waals surface area contributed by atoms with Crippen molar-refractivity contribution in [2.45, 2.75) is 44.8 Å². The number of hydrogen-bond acceptors (Lipinski definition) is 3. The zero-order valence-electron chi connectivity index (χ0n) is 14.9. The van der Waals surface area contributed by atoms with E-state index in [-0.39, 0.29) is 24.1 Å². The van der Waals surface area contributed by atoms with Crippen LogP contribution in [0.1, 0.15) is 58.4 Å². The molecule has 0 unspecified atom stereocenters. The first-order valence-corrected chi connectivity index (χ1v) is 9.47. The highest BCUT2D eigenvalue weighted by Crippen LogP contribution is 2.28. The molecule has 0 heterocycles. The van der Waals surface area contributed by atoms with Crippen molar-refractivity contribution in [1.29, 1.82) is 0 Å². The Morgan fingerprint density at radius 3 is 2.44 bits per heavy atom. The molecule has 0 aromatic heterocycles. The van der Waals surface area contributed by atoms with E-state index in [0.29, 0.717) is 16.3 Å². The second kappa shape index (κ2) is 8.91. The van der Waals surface area contributed by atoms with Gasteiger partial charge in [0.2, 0.25) is 0 Å². The summed E-state index contributed by atoms with van der Waals surface area (Å²) in [6.07, 6.45) is 5.65. The zero-order valence-corrected chi connectivity index (χ0v) is 15.7. The molecule has 1 amide bonds. The Morgan fingerprint density at radius 2 is 1.78 bits per heavy atom. The molecule has 1 fully saturated rings. The Hall–Kier alpha value is -2.53. The second-order valence-electron chi connectivity index (χ2n) is 6.70. The van der Waals surface area contributed by atoms with Gasteiger partial charge in [-0.2, -0.15) is 0 Å². The van der Waals surface area contributed by atoms with Gasteiger partial charge < -0.3 is 15.2 Å². The monoisotopic (exact) mass is 387 g/mol. The molecule has 0 bridgehead atoms. The number of rotatable bonds is 6. The molecular weight excluding hydrogens is 366 g/mol. The summed E-state index contributed by atoms with van der Waals surface area (Å²) >= 11 is 6.08. The number of halogens is 1. The third kappa shape index (κ3) is 5.23. The van der Waals surface area contributed by atoms with Crippen molar-refractivity contribution in [3.05, 3.63) is 64.2 Å². The van der Waals surface area contributed by atoms with Gasteiger partial charge in [0.25, 0.3) is 5.91 Å². The molecule has 2 aromatic rings. The molecule has 1 saturated carbocycles. The molecule has 0 saturated heterocycles. The Morgan fingerprint density at radius 1 is 1.07 bits per heavy atom. The van der Waals surface area contributed by atoms with Crippen LogP contribution in [0.2, 0.25) is 5.02 Å². The molecule has 2 aromatic carbocycles. The van der Waals surface area contributed by atoms with E-state index in [1.54, 1.807) is 30.3 Å². The summed E-state index contributed by atoms with van der Waals surface area (Å²) in [5, 5.41) is 12.3. The van der Waals surface area contributed by atoms with Crippen LogP contribution < -0.4 is 10.1 Å². The van der Waals surface area contributed by atoms with Crippen LogP contribution in [0, 0.1) is 0 Å². The number of hydrogen-bond donors (Lipinski definition) is 2. The molecule has 1 aliphatic rings. The Kier molecular flexibility index (Phi) is 6.35. The number of carbonyl (C=O) groups excluding carboxylic acids is 1. The number of benzene rings is 2. The van der Waals surface area contributed by atoms with Gasteiger partial charge in [-0.05, 0) is 61.6 Å². The zero-order chi connectivity index (χ0) is 19.2. The van der Waals surface area contributed by atoms with Gasteiger partial charge in [-0.3, -0.25) is 4.79 Å². The maximum Gasteiger partial charge on any atom is 0.335 e. The summed E-state index contributed by atoms with van der Waals surface area (Å²) in [6.45, 7) is 0.286. The van der Waals surface area contributed by atoms with Gasteiger partial charge in [0.05, 0.1) is 17.2 Å². The fourth-order valence-electron chi connectivity index (χ4n) is 3.19. The van der Waals surface area contributed by atoms with E-state index >= 15 is 0 Å². The number of aromatic carboxylic acids is 1. The topological polar surface area (TPSA) is 75.6 Å². The third-order valence-corrected chi connectivity index (χ3v) is 4.92. The van der Waals surface area contributed by atoms with Gasteiger partial charge in [0, 0.05) is 11.6 Å². The van der Waals surface area contributed by atoms with E-state index in [1.165, 1.54) is 18.6 Å². The lowest BCUT2D eigenvalue weighted by molar-refractivity contribution is 0.0696. The molecule has 2 N–H and O–H groups in total. The van der Waals surface area contributed by atoms with Crippen molar-refractivity contribution in [1.82, 2.24) is 5.32 Å². The van der Waals surface area contributed by atoms with E-state index in [1.807, 2.05) is 0 Å². The highest BCUT2D eigenvalue weighted by molar-refractivity contribution is 6.31. The van der Waals surface area contributed by atoms with Gasteiger partial charge in [-0.1, -0.05) is 30.2 Å². The first-order chi connectivity index (χ1) is 13.0. The van der Waals surface area contributed by atoms with E-state index in [0.717, 1.165) is 31.2 Å². The van der Waals surface area contributed by atoms with Crippen molar-refractivity contribution in [3.63, 3.8) is 0 Å². The fourth-order valence-corrected chi connectivity index (χ4v) is 3.36. The van der Waals surface area contributed by atoms with E-state index in [4.69, 9.17) is 21.4 Å². The molecule has 142 valence electrons. The largest absolute Gasteiger partial charge is 0.490 e. The standard InChI is InChI=1S/C21H22ClNO4/c22-16-10-11-19(27-17-4-2-1-3-5-17)18(12-16)20(24)23-13-14-6-8-15(9-7-14)21(25)26/h6-12,17H,1-5,13H2,(H,23,24)(H,25,26). The molecule has 3 rings (SSSR count). The van der Waals surface area contributed by atoms with E-state index in [2.05, 4.69) is 5.32 Å². The third-order valence-electron chi connectivity index (χ3n) is 4.69. The normalized spacial score (nSPS) is 14.6. The number of nitrogens with one attached hydrogen (secondary N) is 1. The molecule has 0 spiro atoms. The van der Waals surface area contributed by atoms with Crippen LogP contribution in [0.3, 0.4) is 0 Å². The van der Waals surface area contributed by atoms with Crippen molar-refractivity contribution < 1.29 is 19.4 Å². The van der Waals surface area contributed by atoms with Crippen molar-refractivity contribution in [3.8, 4) is 5.75 Å². The molecule has 0 atom stereocenters. The van der Waals surface area contributed by atoms with E-state index < -0.39 is 5.97 Å². The summed E-state index contributed by atoms with van der Waals surface area (Å²) in [7, 11) is 0. The maximum atomic E-state index is 12.7. The first kappa shape index (κ1) is 19.2. The van der Waals surface area contributed by atoms with Crippen LogP contribution in [0.15, 0.2) is 42.5 Å². The molecular formula is C21H22ClNO4. The lowest BCUT2D eigenvalue weighted by Gasteiger charge is -2.24. The SMILES string of the molecule is O=C(O)c1ccc(CNC(=O)c2cc(Cl)ccc2OC2CCCCC2)cc1. The highest BCUT2D eigenvalue weighted by atomic mass is 35.5. The number of carbonyl (C=O) groups is 2. The Bertz CT molecular complexity index is 813. The molecule has 5 nitrogen and oxygen atoms in total. The van der Waals surface area contributed by atoms with Crippen LogP contribution in [0.5, 0.6) is 5.75 Å². The summed E-state index contributed by atoms with van der Waals surface area (Å²) < 4.78 is 6.07. The summed E-state index contributed by atoms with van der Waals surface area (Å²) in [6, 6.07) is 11.5. The lowest BCUT2D eigenvalue weighted by Crippen LogP contribution is -2.25. The number of carboxylic acid groups (broad SMARTS) is 1. The van der Waals surface area contributed by atoms with Crippen molar-refractivity contribution in [2.75, 3.05) is 0 Å². The quantitative estimate of drug-likeness (QED) is 0.754. The average molecular weight is 388 g/mol. The van der Waals surface area contributed by atoms with Gasteiger partial charge in [-0.15, -0.1) is 0 Å². The average Bonchev–Trinajstić information content (AvgIpc) is 2.68. The van der Waals surface area contributed by atoms with Crippen LogP contribution in [0.4, 0.5) is 0 Å². The lowest BCUT2D eigenvalue weighted by atomic mass is 9.97. The van der Waals surface area contributed by atoms with Gasteiger partial charge in [-0.25, -0.2) is 4.79 Å². The fraction of sp³-hybridized carbons (Fsp3) is 0.333. The smallest absolute Gasteiger partial charge is 0.335 e. The van der Waals surface area contributed by atoms with Crippen molar-refractivity contribution in [2.24, 2.45) is 0 Å². The van der Waals surface area contributed by atoms with Crippen LogP contribution in [-0.2, 0) is 6.54 Å². The minimum atomic E-state index is -0.978. The van der Waals surface area contributed by atoms with Crippen LogP contribution in [-0.4, -0.2) is 23.1 Å². The first-order valence-electron chi connectivity index (χ1n) is 9.09. The van der Waals surface area contributed by atoms with Crippen molar-refractivity contribution >= 4 is 23.5 Å². The van der Waals surface area contributed by atoms with E-state index in [9.17, 15) is 9.59 Å². The molecule has 1 aliphatic carbocycles. The van der Waals surface area contributed by atoms with Crippen LogP contribution >= 0.6 is 11.6 Å². The highest BCUT2D eigenvalue weighted by Gasteiger charge is 2.19. The molecule has 0 aliphatic heterocycles. The second-order valence-corrected chi connectivity index (χ2v) is 7.14. The maximum absolute atomic E-state index is 12.7. The predicted molar refractivity (Wildman–Crippen MR) is 104 cm³/mol. The number of ether oxygens (including phenoxy) is 1. The van der Waals surface area contributed by atoms with Gasteiger partial charge in [0.15, 0.2) is 0 Å². The molecule has 27 heavy (non-hydrogen) atoms.